The molecule has 0 radical (unpaired) electrons. The lowest BCUT2D eigenvalue weighted by Crippen LogP contribution is -2.30. The molecule has 0 aliphatic carbocycles. The van der Waals surface area contributed by atoms with Crippen LogP contribution < -0.4 is 20.1 Å². The largest absolute Gasteiger partial charge is 0.454 e. The highest BCUT2D eigenvalue weighted by Gasteiger charge is 2.17. The summed E-state index contributed by atoms with van der Waals surface area (Å²) in [5.74, 6) is 0.716. The van der Waals surface area contributed by atoms with Gasteiger partial charge in [0.2, 0.25) is 12.7 Å². The summed E-state index contributed by atoms with van der Waals surface area (Å²) < 4.78 is 10.7. The molecule has 3 aromatic carbocycles. The molecule has 4 rings (SSSR count). The van der Waals surface area contributed by atoms with Crippen molar-refractivity contribution in [2.45, 2.75) is 19.9 Å². The third-order valence-electron chi connectivity index (χ3n) is 5.37. The smallest absolute Gasteiger partial charge is 0.257 e. The second-order valence-corrected chi connectivity index (χ2v) is 7.96. The minimum atomic E-state index is -0.325. The summed E-state index contributed by atoms with van der Waals surface area (Å²) in [6, 6.07) is 20.5. The Labute approximate surface area is 193 Å². The zero-order valence-corrected chi connectivity index (χ0v) is 18.8. The van der Waals surface area contributed by atoms with Gasteiger partial charge in [0.1, 0.15) is 0 Å². The maximum atomic E-state index is 12.9. The van der Waals surface area contributed by atoms with Gasteiger partial charge >= 0.3 is 0 Å². The highest BCUT2D eigenvalue weighted by Crippen LogP contribution is 2.34. The Morgan fingerprint density at radius 3 is 2.42 bits per heavy atom. The number of hydrogen-bond acceptors (Lipinski definition) is 5. The summed E-state index contributed by atoms with van der Waals surface area (Å²) >= 11 is 0. The van der Waals surface area contributed by atoms with E-state index in [1.54, 1.807) is 42.5 Å². The first kappa shape index (κ1) is 22.4. The molecule has 33 heavy (non-hydrogen) atoms. The molecule has 0 fully saturated rings. The van der Waals surface area contributed by atoms with Gasteiger partial charge < -0.3 is 20.1 Å². The lowest BCUT2D eigenvalue weighted by Gasteiger charge is -2.17. The van der Waals surface area contributed by atoms with Gasteiger partial charge in [0, 0.05) is 18.3 Å². The standard InChI is InChI=1S/C26H27N3O4/c1-3-18-8-10-19(11-9-18)15-29(2)16-25(30)28-22-7-5-4-6-21(22)26(31)27-20-12-13-23-24(14-20)33-17-32-23/h4-14H,3,15-17H2,1-2H3,(H,27,31)(H,28,30). The van der Waals surface area contributed by atoms with Crippen LogP contribution in [0.25, 0.3) is 0 Å². The topological polar surface area (TPSA) is 79.9 Å². The number of hydrogen-bond donors (Lipinski definition) is 2. The molecular weight excluding hydrogens is 418 g/mol. The van der Waals surface area contributed by atoms with E-state index in [1.165, 1.54) is 5.56 Å². The Kier molecular flexibility index (Phi) is 6.90. The lowest BCUT2D eigenvalue weighted by molar-refractivity contribution is -0.117. The monoisotopic (exact) mass is 445 g/mol. The van der Waals surface area contributed by atoms with Crippen LogP contribution in [0.4, 0.5) is 11.4 Å². The quantitative estimate of drug-likeness (QED) is 0.540. The number of likely N-dealkylation sites (N-methyl/N-ethyl adjacent to an activating group) is 1. The molecule has 0 aromatic heterocycles. The molecule has 2 N–H and O–H groups in total. The predicted octanol–water partition coefficient (Wildman–Crippen LogP) is 4.30. The van der Waals surface area contributed by atoms with Crippen LogP contribution in [0.15, 0.2) is 66.7 Å². The normalized spacial score (nSPS) is 12.0. The number of fused-ring (bicyclic) bond motifs is 1. The van der Waals surface area contributed by atoms with E-state index < -0.39 is 0 Å². The molecule has 0 atom stereocenters. The van der Waals surface area contributed by atoms with E-state index in [0.29, 0.717) is 35.0 Å². The fourth-order valence-corrected chi connectivity index (χ4v) is 3.65. The van der Waals surface area contributed by atoms with Crippen molar-refractivity contribution in [3.05, 3.63) is 83.4 Å². The van der Waals surface area contributed by atoms with Crippen molar-refractivity contribution < 1.29 is 19.1 Å². The van der Waals surface area contributed by atoms with E-state index in [-0.39, 0.29) is 25.2 Å². The van der Waals surface area contributed by atoms with Crippen LogP contribution in [-0.4, -0.2) is 37.1 Å². The van der Waals surface area contributed by atoms with Gasteiger partial charge in [-0.05, 0) is 48.9 Å². The van der Waals surface area contributed by atoms with E-state index in [1.807, 2.05) is 11.9 Å². The molecule has 7 heteroatoms. The number of nitrogens with one attached hydrogen (secondary N) is 2. The first-order valence-corrected chi connectivity index (χ1v) is 10.9. The summed E-state index contributed by atoms with van der Waals surface area (Å²) in [7, 11) is 1.89. The second kappa shape index (κ2) is 10.2. The first-order chi connectivity index (χ1) is 16.0. The molecule has 0 spiro atoms. The van der Waals surface area contributed by atoms with Crippen LogP contribution in [0.5, 0.6) is 11.5 Å². The van der Waals surface area contributed by atoms with Crippen LogP contribution in [0.3, 0.4) is 0 Å². The highest BCUT2D eigenvalue weighted by atomic mass is 16.7. The molecule has 1 aliphatic rings. The zero-order chi connectivity index (χ0) is 23.2. The van der Waals surface area contributed by atoms with E-state index in [4.69, 9.17) is 9.47 Å². The number of ether oxygens (including phenoxy) is 2. The lowest BCUT2D eigenvalue weighted by atomic mass is 10.1. The number of amides is 2. The number of rotatable bonds is 8. The Morgan fingerprint density at radius 1 is 0.909 bits per heavy atom. The van der Waals surface area contributed by atoms with Crippen LogP contribution in [0, 0.1) is 0 Å². The number of carbonyl (C=O) groups is 2. The molecule has 0 bridgehead atoms. The summed E-state index contributed by atoms with van der Waals surface area (Å²) in [5, 5.41) is 5.72. The SMILES string of the molecule is CCc1ccc(CN(C)CC(=O)Nc2ccccc2C(=O)Nc2ccc3c(c2)OCO3)cc1. The molecule has 1 aliphatic heterocycles. The second-order valence-electron chi connectivity index (χ2n) is 7.96. The molecule has 7 nitrogen and oxygen atoms in total. The first-order valence-electron chi connectivity index (χ1n) is 10.9. The molecule has 170 valence electrons. The van der Waals surface area contributed by atoms with E-state index >= 15 is 0 Å². The summed E-state index contributed by atoms with van der Waals surface area (Å²) in [4.78, 5) is 27.5. The molecule has 0 saturated carbocycles. The number of nitrogens with zero attached hydrogens (tertiary/aromatic N) is 1. The number of aryl methyl sites for hydroxylation is 1. The fraction of sp³-hybridized carbons (Fsp3) is 0.231. The summed E-state index contributed by atoms with van der Waals surface area (Å²) in [6.45, 7) is 3.15. The van der Waals surface area contributed by atoms with Gasteiger partial charge in [-0.2, -0.15) is 0 Å². The van der Waals surface area contributed by atoms with Crippen LogP contribution >= 0.6 is 0 Å². The molecule has 3 aromatic rings. The predicted molar refractivity (Wildman–Crippen MR) is 128 cm³/mol. The van der Waals surface area contributed by atoms with Crippen LogP contribution in [0.2, 0.25) is 0 Å². The average molecular weight is 446 g/mol. The highest BCUT2D eigenvalue weighted by molar-refractivity contribution is 6.10. The van der Waals surface area contributed by atoms with Crippen molar-refractivity contribution in [3.63, 3.8) is 0 Å². The minimum Gasteiger partial charge on any atom is -0.454 e. The van der Waals surface area contributed by atoms with Gasteiger partial charge in [-0.3, -0.25) is 14.5 Å². The van der Waals surface area contributed by atoms with Gasteiger partial charge in [0.25, 0.3) is 5.91 Å². The van der Waals surface area contributed by atoms with Crippen molar-refractivity contribution in [1.82, 2.24) is 4.90 Å². The molecule has 0 unspecified atom stereocenters. The van der Waals surface area contributed by atoms with E-state index in [0.717, 1.165) is 12.0 Å². The van der Waals surface area contributed by atoms with Gasteiger partial charge in [0.15, 0.2) is 11.5 Å². The Morgan fingerprint density at radius 2 is 1.64 bits per heavy atom. The Hall–Kier alpha value is -3.84. The maximum Gasteiger partial charge on any atom is 0.257 e. The summed E-state index contributed by atoms with van der Waals surface area (Å²) in [6.07, 6.45) is 1.00. The average Bonchev–Trinajstić information content (AvgIpc) is 3.27. The van der Waals surface area contributed by atoms with Gasteiger partial charge in [-0.25, -0.2) is 0 Å². The Balaban J connectivity index is 1.37. The third-order valence-corrected chi connectivity index (χ3v) is 5.37. The minimum absolute atomic E-state index is 0.167. The van der Waals surface area contributed by atoms with E-state index in [9.17, 15) is 9.59 Å². The molecule has 0 saturated heterocycles. The van der Waals surface area contributed by atoms with Crippen molar-refractivity contribution >= 4 is 23.2 Å². The molecular formula is C26H27N3O4. The maximum absolute atomic E-state index is 12.9. The third kappa shape index (κ3) is 5.70. The summed E-state index contributed by atoms with van der Waals surface area (Å²) in [5.41, 5.74) is 3.85. The van der Waals surface area contributed by atoms with E-state index in [2.05, 4.69) is 41.8 Å². The van der Waals surface area contributed by atoms with Crippen LogP contribution in [0.1, 0.15) is 28.4 Å². The van der Waals surface area contributed by atoms with Crippen LogP contribution in [-0.2, 0) is 17.8 Å². The number of anilines is 2. The van der Waals surface area contributed by atoms with Crippen molar-refractivity contribution in [2.75, 3.05) is 31.0 Å². The zero-order valence-electron chi connectivity index (χ0n) is 18.8. The van der Waals surface area contributed by atoms with Gasteiger partial charge in [-0.1, -0.05) is 43.3 Å². The van der Waals surface area contributed by atoms with Crippen molar-refractivity contribution in [3.8, 4) is 11.5 Å². The molecule has 2 amide bonds. The van der Waals surface area contributed by atoms with Gasteiger partial charge in [0.05, 0.1) is 17.8 Å². The van der Waals surface area contributed by atoms with Gasteiger partial charge in [-0.15, -0.1) is 0 Å². The number of para-hydroxylation sites is 1. The Bertz CT molecular complexity index is 1140. The van der Waals surface area contributed by atoms with Crippen molar-refractivity contribution in [1.29, 1.82) is 0 Å². The number of benzene rings is 3. The van der Waals surface area contributed by atoms with Crippen molar-refractivity contribution in [2.24, 2.45) is 0 Å². The fourth-order valence-electron chi connectivity index (χ4n) is 3.65. The molecule has 1 heterocycles. The number of carbonyl (C=O) groups excluding carboxylic acids is 2.